The third kappa shape index (κ3) is 31.0. The van der Waals surface area contributed by atoms with E-state index in [4.69, 9.17) is 31.1 Å². The van der Waals surface area contributed by atoms with Gasteiger partial charge in [0.15, 0.2) is 18.1 Å². The minimum absolute atomic E-state index is 0.00920. The summed E-state index contributed by atoms with van der Waals surface area (Å²) >= 11 is 0. The molecule has 0 aliphatic rings. The lowest BCUT2D eigenvalue weighted by Crippen LogP contribution is -2.63. The second kappa shape index (κ2) is 41.3. The van der Waals surface area contributed by atoms with Crippen LogP contribution in [0.1, 0.15) is 112 Å². The highest BCUT2D eigenvalue weighted by molar-refractivity contribution is 6.76. The molecule has 2 rings (SSSR count). The van der Waals surface area contributed by atoms with Crippen molar-refractivity contribution in [1.82, 2.24) is 58.5 Å². The van der Waals surface area contributed by atoms with E-state index in [0.717, 1.165) is 6.92 Å². The number of amides is 11. The van der Waals surface area contributed by atoms with Gasteiger partial charge >= 0.3 is 18.2 Å². The summed E-state index contributed by atoms with van der Waals surface area (Å²) in [5.41, 5.74) is 10.7. The summed E-state index contributed by atoms with van der Waals surface area (Å²) < 4.78 is 16.3. The van der Waals surface area contributed by atoms with Crippen LogP contribution in [-0.2, 0) is 68.8 Å². The molecule has 34 heteroatoms. The molecule has 20 N–H and O–H groups in total. The van der Waals surface area contributed by atoms with Gasteiger partial charge in [0.05, 0.1) is 38.0 Å². The van der Waals surface area contributed by atoms with Crippen LogP contribution in [0.25, 0.3) is 0 Å². The van der Waals surface area contributed by atoms with Gasteiger partial charge in [-0.2, -0.15) is 0 Å². The Labute approximate surface area is 572 Å². The van der Waals surface area contributed by atoms with Gasteiger partial charge < -0.3 is 105 Å². The number of aliphatic hydroxyl groups is 4. The third-order valence-electron chi connectivity index (χ3n) is 14.9. The van der Waals surface area contributed by atoms with Crippen LogP contribution in [0.4, 0.5) is 9.59 Å². The van der Waals surface area contributed by atoms with Crippen molar-refractivity contribution in [2.24, 2.45) is 29.2 Å². The monoisotopic (exact) mass is 1400 g/mol. The van der Waals surface area contributed by atoms with Crippen molar-refractivity contribution in [2.75, 3.05) is 26.3 Å². The summed E-state index contributed by atoms with van der Waals surface area (Å²) in [5.74, 6) is -13.5. The highest BCUT2D eigenvalue weighted by atomic mass is 28.3. The van der Waals surface area contributed by atoms with E-state index in [1.807, 2.05) is 25.0 Å². The van der Waals surface area contributed by atoms with Crippen LogP contribution >= 0.6 is 0 Å². The van der Waals surface area contributed by atoms with Crippen molar-refractivity contribution < 1.29 is 92.2 Å². The van der Waals surface area contributed by atoms with Gasteiger partial charge in [-0.15, -0.1) is 0 Å². The predicted molar refractivity (Wildman–Crippen MR) is 361 cm³/mol. The highest BCUT2D eigenvalue weighted by Gasteiger charge is 2.41. The van der Waals surface area contributed by atoms with Gasteiger partial charge in [0, 0.05) is 14.6 Å². The molecule has 13 atom stereocenters. The number of carbonyl (C=O) groups excluding carboxylic acids is 12. The van der Waals surface area contributed by atoms with E-state index in [9.17, 15) is 78.0 Å². The number of ether oxygens (including phenoxy) is 3. The quantitative estimate of drug-likeness (QED) is 0.00904. The van der Waals surface area contributed by atoms with Crippen molar-refractivity contribution in [3.05, 3.63) is 71.8 Å². The molecular weight excluding hydrogens is 1300 g/mol. The maximum atomic E-state index is 14.4. The molecule has 2 aromatic rings. The Morgan fingerprint density at radius 2 is 1.12 bits per heavy atom. The zero-order valence-corrected chi connectivity index (χ0v) is 59.1. The van der Waals surface area contributed by atoms with Crippen molar-refractivity contribution >= 4 is 85.4 Å². The van der Waals surface area contributed by atoms with E-state index >= 15 is 0 Å². The lowest BCUT2D eigenvalue weighted by atomic mass is 9.96. The molecule has 548 valence electrons. The normalized spacial score (nSPS) is 15.5. The molecule has 0 saturated heterocycles. The molecule has 33 nitrogen and oxygen atoms in total. The standard InChI is InChI=1S/C64H104N14O19Si/c1-14-36(6)44(74-53(85)40(26-21-27-68-61(66)67)70-54(86)41(30-34(2)3)71-58(90)48(50(82)35(4)5)78-63(94)97-64(8,9)10)57(89)75-45(37(7)80)56(88)69-31-43(81)73-49(51(83)52(65)84)59(91)72-42(32-79)55(87)76-46(39-24-19-16-20-25-39)47(60(92)95-28-29-98(11,12)13)77-62(93)96-33-38-22-17-15-18-23-38/h15-20,22-25,34-37,40-42,44-51,79-80,82-83H,14,21,26-33H2,1-13H3,(H2,65,84)(H,69,88)(H,70,86)(H,71,90)(H,72,91)(H,73,81)(H,74,85)(H,75,89)(H,76,87)(H,77,93)(H,78,94)(H4,66,67,68)/t36-,37-,40+,41-,42-,44-,45?,46+,47-,48-,49-,50+,51-/m0/s1. The van der Waals surface area contributed by atoms with Gasteiger partial charge in [-0.3, -0.25) is 48.6 Å². The minimum atomic E-state index is -2.53. The number of nitrogens with one attached hydrogen (secondary N) is 12. The molecule has 1 unspecified atom stereocenters. The van der Waals surface area contributed by atoms with Crippen LogP contribution in [0.2, 0.25) is 25.7 Å². The van der Waals surface area contributed by atoms with E-state index < -0.39 is 189 Å². The number of hydrogen-bond donors (Lipinski definition) is 18. The Morgan fingerprint density at radius 1 is 0.592 bits per heavy atom. The number of primary amides is 1. The fourth-order valence-electron chi connectivity index (χ4n) is 9.16. The molecule has 0 aliphatic heterocycles. The summed E-state index contributed by atoms with van der Waals surface area (Å²) in [6, 6.07) is 1.52. The number of aliphatic hydroxyl groups excluding tert-OH is 4. The fraction of sp³-hybridized carbons (Fsp3) is 0.609. The first-order valence-electron chi connectivity index (χ1n) is 32.3. The number of benzene rings is 2. The Balaban J connectivity index is 2.41. The van der Waals surface area contributed by atoms with Crippen molar-refractivity contribution in [1.29, 1.82) is 5.41 Å². The van der Waals surface area contributed by atoms with E-state index in [1.165, 1.54) is 12.1 Å². The Kier molecular flexibility index (Phi) is 35.9. The topological polar surface area (TPSA) is 522 Å². The zero-order chi connectivity index (χ0) is 74.4. The highest BCUT2D eigenvalue weighted by Crippen LogP contribution is 2.21. The average molecular weight is 1400 g/mol. The van der Waals surface area contributed by atoms with Gasteiger partial charge in [-0.25, -0.2) is 14.4 Å². The lowest BCUT2D eigenvalue weighted by molar-refractivity contribution is -0.147. The molecule has 0 radical (unpaired) electrons. The molecule has 0 saturated carbocycles. The summed E-state index contributed by atoms with van der Waals surface area (Å²) in [4.78, 5) is 165. The average Bonchev–Trinajstić information content (AvgIpc) is 0.834. The maximum Gasteiger partial charge on any atom is 0.408 e. The van der Waals surface area contributed by atoms with Crippen LogP contribution < -0.4 is 70.0 Å². The molecule has 0 spiro atoms. The molecule has 0 fully saturated rings. The second-order valence-electron chi connectivity index (χ2n) is 26.6. The number of nitrogens with two attached hydrogens (primary N) is 2. The van der Waals surface area contributed by atoms with Crippen molar-refractivity contribution in [2.45, 2.75) is 206 Å². The Morgan fingerprint density at radius 3 is 1.65 bits per heavy atom. The first-order chi connectivity index (χ1) is 45.7. The Bertz CT molecular complexity index is 2990. The number of rotatable bonds is 40. The molecule has 0 aliphatic carbocycles. The molecule has 0 heterocycles. The van der Waals surface area contributed by atoms with Crippen molar-refractivity contribution in [3.63, 3.8) is 0 Å². The van der Waals surface area contributed by atoms with Gasteiger partial charge in [0.25, 0.3) is 0 Å². The fourth-order valence-corrected chi connectivity index (χ4v) is 9.88. The Hall–Kier alpha value is -8.99. The van der Waals surface area contributed by atoms with Gasteiger partial charge in [-0.1, -0.05) is 128 Å². The molecular formula is C64H104N14O19Si. The van der Waals surface area contributed by atoms with Crippen LogP contribution in [0, 0.1) is 23.2 Å². The van der Waals surface area contributed by atoms with Crippen LogP contribution in [-0.4, -0.2) is 204 Å². The SMILES string of the molecule is CC[C@H](C)[C@H](NC(=O)[C@@H](CCCNC(=N)N)NC(=O)[C@H](CC(C)C)NC(=O)[C@@H](NC(=O)OC(C)(C)C)[C@H](O)C(C)C)C(=O)NC(C(=O)NCC(=O)N[C@H](C(=O)N[C@@H](CO)C(=O)N[C@H](c1ccccc1)[C@H](NC(=O)OCc1ccccc1)C(=O)OCC[Si](C)(C)C)[C@H](O)C(N)=O)[C@H](C)O. The number of guanidine groups is 1. The van der Waals surface area contributed by atoms with Gasteiger partial charge in [0.1, 0.15) is 54.5 Å². The predicted octanol–water partition coefficient (Wildman–Crippen LogP) is -1.47. The number of alkyl carbamates (subject to hydrolysis) is 2. The molecule has 98 heavy (non-hydrogen) atoms. The maximum absolute atomic E-state index is 14.4. The summed E-state index contributed by atoms with van der Waals surface area (Å²) in [5, 5.41) is 77.3. The molecule has 11 amide bonds. The van der Waals surface area contributed by atoms with Gasteiger partial charge in [0.2, 0.25) is 53.2 Å². The molecule has 0 bridgehead atoms. The summed E-state index contributed by atoms with van der Waals surface area (Å²) in [6.07, 6.45) is -7.65. The molecule has 0 aromatic heterocycles. The minimum Gasteiger partial charge on any atom is -0.464 e. The van der Waals surface area contributed by atoms with E-state index in [2.05, 4.69) is 53.2 Å². The van der Waals surface area contributed by atoms with Crippen molar-refractivity contribution in [3.8, 4) is 0 Å². The number of carbonyl (C=O) groups is 12. The first-order valence-corrected chi connectivity index (χ1v) is 36.0. The summed E-state index contributed by atoms with van der Waals surface area (Å²) in [7, 11) is -1.78. The largest absolute Gasteiger partial charge is 0.464 e. The van der Waals surface area contributed by atoms with Crippen LogP contribution in [0.5, 0.6) is 0 Å². The van der Waals surface area contributed by atoms with E-state index in [0.29, 0.717) is 11.6 Å². The number of esters is 1. The van der Waals surface area contributed by atoms with Crippen LogP contribution in [0.15, 0.2) is 60.7 Å². The lowest BCUT2D eigenvalue weighted by Gasteiger charge is -2.31. The van der Waals surface area contributed by atoms with Gasteiger partial charge in [-0.05, 0) is 81.9 Å². The third-order valence-corrected chi connectivity index (χ3v) is 16.6. The summed E-state index contributed by atoms with van der Waals surface area (Å²) in [6.45, 7) is 19.5. The smallest absolute Gasteiger partial charge is 0.408 e. The zero-order valence-electron chi connectivity index (χ0n) is 58.1. The van der Waals surface area contributed by atoms with E-state index in [-0.39, 0.29) is 56.9 Å². The second-order valence-corrected chi connectivity index (χ2v) is 32.2. The first kappa shape index (κ1) is 85.1. The number of hydrogen-bond acceptors (Lipinski definition) is 20. The van der Waals surface area contributed by atoms with E-state index in [1.54, 1.807) is 111 Å². The van der Waals surface area contributed by atoms with Crippen LogP contribution in [0.3, 0.4) is 0 Å². The molecule has 2 aromatic carbocycles.